The summed E-state index contributed by atoms with van der Waals surface area (Å²) in [5.41, 5.74) is 1.62. The van der Waals surface area contributed by atoms with Crippen LogP contribution in [-0.2, 0) is 15.0 Å². The van der Waals surface area contributed by atoms with Gasteiger partial charge in [-0.25, -0.2) is 4.90 Å². The van der Waals surface area contributed by atoms with E-state index in [0.717, 1.165) is 16.2 Å². The number of hydrogen-bond donors (Lipinski definition) is 0. The van der Waals surface area contributed by atoms with Crippen molar-refractivity contribution in [3.63, 3.8) is 0 Å². The molecule has 24 heavy (non-hydrogen) atoms. The molecule has 0 aliphatic carbocycles. The summed E-state index contributed by atoms with van der Waals surface area (Å²) in [4.78, 5) is 24.5. The van der Waals surface area contributed by atoms with Crippen molar-refractivity contribution < 1.29 is 14.3 Å². The zero-order valence-corrected chi connectivity index (χ0v) is 13.9. The van der Waals surface area contributed by atoms with Crippen LogP contribution in [0.3, 0.4) is 0 Å². The van der Waals surface area contributed by atoms with Gasteiger partial charge in [-0.2, -0.15) is 0 Å². The summed E-state index contributed by atoms with van der Waals surface area (Å²) in [5, 5.41) is 0. The van der Waals surface area contributed by atoms with Crippen LogP contribution in [0.1, 0.15) is 26.3 Å². The maximum atomic E-state index is 11.7. The number of hydrogen-bond acceptors (Lipinski definition) is 3. The number of nitrogens with zero attached hydrogens (tertiary/aromatic N) is 1. The van der Waals surface area contributed by atoms with Gasteiger partial charge in [-0.3, -0.25) is 9.59 Å². The molecule has 0 N–H and O–H groups in total. The Balaban J connectivity index is 1.83. The van der Waals surface area contributed by atoms with Gasteiger partial charge >= 0.3 is 0 Å². The zero-order valence-electron chi connectivity index (χ0n) is 13.9. The summed E-state index contributed by atoms with van der Waals surface area (Å²) in [6, 6.07) is 14.8. The summed E-state index contributed by atoms with van der Waals surface area (Å²) in [7, 11) is 0. The number of benzene rings is 2. The van der Waals surface area contributed by atoms with E-state index in [0.29, 0.717) is 11.4 Å². The van der Waals surface area contributed by atoms with Crippen LogP contribution in [0.4, 0.5) is 5.69 Å². The number of ether oxygens (including phenoxy) is 1. The molecule has 2 aromatic rings. The number of amides is 2. The van der Waals surface area contributed by atoms with E-state index in [4.69, 9.17) is 4.74 Å². The topological polar surface area (TPSA) is 46.6 Å². The van der Waals surface area contributed by atoms with Gasteiger partial charge in [-0.05, 0) is 35.7 Å². The van der Waals surface area contributed by atoms with E-state index in [1.807, 2.05) is 18.2 Å². The third kappa shape index (κ3) is 3.08. The predicted octanol–water partition coefficient (Wildman–Crippen LogP) is 4.21. The van der Waals surface area contributed by atoms with E-state index in [2.05, 4.69) is 26.8 Å². The quantitative estimate of drug-likeness (QED) is 0.796. The van der Waals surface area contributed by atoms with Crippen molar-refractivity contribution in [2.45, 2.75) is 26.2 Å². The number of para-hydroxylation sites is 1. The summed E-state index contributed by atoms with van der Waals surface area (Å²) < 4.78 is 6.00. The van der Waals surface area contributed by atoms with Crippen LogP contribution in [0.5, 0.6) is 11.5 Å². The van der Waals surface area contributed by atoms with Crippen molar-refractivity contribution in [3.8, 4) is 11.5 Å². The van der Waals surface area contributed by atoms with E-state index in [1.54, 1.807) is 24.3 Å². The average Bonchev–Trinajstić information content (AvgIpc) is 2.87. The fraction of sp³-hybridized carbons (Fsp3) is 0.200. The zero-order chi connectivity index (χ0) is 17.3. The van der Waals surface area contributed by atoms with Gasteiger partial charge in [-0.15, -0.1) is 0 Å². The molecule has 0 saturated carbocycles. The first kappa shape index (κ1) is 16.0. The van der Waals surface area contributed by atoms with E-state index in [-0.39, 0.29) is 17.2 Å². The lowest BCUT2D eigenvalue weighted by Crippen LogP contribution is -2.29. The molecule has 1 heterocycles. The van der Waals surface area contributed by atoms with E-state index >= 15 is 0 Å². The maximum absolute atomic E-state index is 11.7. The van der Waals surface area contributed by atoms with Crippen molar-refractivity contribution in [2.24, 2.45) is 0 Å². The van der Waals surface area contributed by atoms with Gasteiger partial charge < -0.3 is 4.74 Å². The smallest absolute Gasteiger partial charge is 0.258 e. The van der Waals surface area contributed by atoms with Gasteiger partial charge in [0.05, 0.1) is 5.69 Å². The van der Waals surface area contributed by atoms with Gasteiger partial charge in [0.2, 0.25) is 0 Å². The molecule has 0 radical (unpaired) electrons. The highest BCUT2D eigenvalue weighted by atomic mass is 16.5. The Morgan fingerprint density at radius 1 is 0.833 bits per heavy atom. The molecule has 0 unspecified atom stereocenters. The molecule has 0 bridgehead atoms. The molecular formula is C20H19NO3. The summed E-state index contributed by atoms with van der Waals surface area (Å²) in [6.07, 6.45) is 2.54. The number of carbonyl (C=O) groups excluding carboxylic acids is 2. The van der Waals surface area contributed by atoms with Crippen LogP contribution in [0, 0.1) is 0 Å². The van der Waals surface area contributed by atoms with Gasteiger partial charge in [0.25, 0.3) is 11.8 Å². The van der Waals surface area contributed by atoms with Crippen LogP contribution in [0.2, 0.25) is 0 Å². The Labute approximate surface area is 141 Å². The molecule has 2 aromatic carbocycles. The van der Waals surface area contributed by atoms with E-state index in [9.17, 15) is 9.59 Å². The second-order valence-corrected chi connectivity index (χ2v) is 6.69. The van der Waals surface area contributed by atoms with Crippen LogP contribution >= 0.6 is 0 Å². The van der Waals surface area contributed by atoms with Crippen LogP contribution in [0.25, 0.3) is 0 Å². The van der Waals surface area contributed by atoms with Crippen molar-refractivity contribution in [3.05, 3.63) is 66.2 Å². The molecule has 0 fully saturated rings. The molecule has 4 heteroatoms. The molecule has 0 atom stereocenters. The van der Waals surface area contributed by atoms with Crippen molar-refractivity contribution in [1.82, 2.24) is 0 Å². The molecule has 4 nitrogen and oxygen atoms in total. The van der Waals surface area contributed by atoms with Gasteiger partial charge in [0.15, 0.2) is 0 Å². The lowest BCUT2D eigenvalue weighted by Gasteiger charge is -2.22. The highest BCUT2D eigenvalue weighted by molar-refractivity contribution is 6.28. The molecule has 3 rings (SSSR count). The molecule has 0 spiro atoms. The Morgan fingerprint density at radius 2 is 1.42 bits per heavy atom. The van der Waals surface area contributed by atoms with Gasteiger partial charge in [0.1, 0.15) is 11.5 Å². The lowest BCUT2D eigenvalue weighted by molar-refractivity contribution is -0.119. The minimum Gasteiger partial charge on any atom is -0.457 e. The first-order valence-corrected chi connectivity index (χ1v) is 7.80. The predicted molar refractivity (Wildman–Crippen MR) is 93.3 cm³/mol. The number of carbonyl (C=O) groups is 2. The third-order valence-electron chi connectivity index (χ3n) is 3.83. The third-order valence-corrected chi connectivity index (χ3v) is 3.83. The molecule has 1 aliphatic rings. The minimum absolute atomic E-state index is 0.0312. The van der Waals surface area contributed by atoms with E-state index in [1.165, 1.54) is 12.2 Å². The first-order valence-electron chi connectivity index (χ1n) is 7.80. The normalized spacial score (nSPS) is 14.4. The standard InChI is InChI=1S/C20H19NO3/c1-20(2,3)16-6-4-5-7-17(16)24-15-10-8-14(9-11-15)21-18(22)12-13-19(21)23/h4-13H,1-3H3. The fourth-order valence-electron chi connectivity index (χ4n) is 2.62. The van der Waals surface area contributed by atoms with Crippen LogP contribution < -0.4 is 9.64 Å². The Morgan fingerprint density at radius 3 is 2.00 bits per heavy atom. The maximum Gasteiger partial charge on any atom is 0.258 e. The summed E-state index contributed by atoms with van der Waals surface area (Å²) >= 11 is 0. The number of anilines is 1. The molecule has 2 amide bonds. The Kier molecular flexibility index (Phi) is 3.97. The minimum atomic E-state index is -0.327. The van der Waals surface area contributed by atoms with E-state index < -0.39 is 0 Å². The monoisotopic (exact) mass is 321 g/mol. The molecule has 0 saturated heterocycles. The highest BCUT2D eigenvalue weighted by Crippen LogP contribution is 2.34. The van der Waals surface area contributed by atoms with Crippen LogP contribution in [0.15, 0.2) is 60.7 Å². The molecular weight excluding hydrogens is 302 g/mol. The molecule has 122 valence electrons. The first-order chi connectivity index (χ1) is 11.4. The molecule has 1 aliphatic heterocycles. The Bertz CT molecular complexity index is 796. The second-order valence-electron chi connectivity index (χ2n) is 6.69. The van der Waals surface area contributed by atoms with Crippen LogP contribution in [-0.4, -0.2) is 11.8 Å². The molecule has 0 aromatic heterocycles. The number of imide groups is 1. The van der Waals surface area contributed by atoms with Gasteiger partial charge in [-0.1, -0.05) is 39.0 Å². The fourth-order valence-corrected chi connectivity index (χ4v) is 2.62. The van der Waals surface area contributed by atoms with Crippen molar-refractivity contribution in [2.75, 3.05) is 4.90 Å². The van der Waals surface area contributed by atoms with Crippen molar-refractivity contribution >= 4 is 17.5 Å². The number of rotatable bonds is 3. The SMILES string of the molecule is CC(C)(C)c1ccccc1Oc1ccc(N2C(=O)C=CC2=O)cc1. The van der Waals surface area contributed by atoms with Gasteiger partial charge in [0, 0.05) is 17.7 Å². The summed E-state index contributed by atoms with van der Waals surface area (Å²) in [5.74, 6) is 0.800. The largest absolute Gasteiger partial charge is 0.457 e. The lowest BCUT2D eigenvalue weighted by atomic mass is 9.86. The summed E-state index contributed by atoms with van der Waals surface area (Å²) in [6.45, 7) is 6.40. The second kappa shape index (κ2) is 5.96. The highest BCUT2D eigenvalue weighted by Gasteiger charge is 2.25. The van der Waals surface area contributed by atoms with Crippen molar-refractivity contribution in [1.29, 1.82) is 0 Å². The Hall–Kier alpha value is -2.88. The average molecular weight is 321 g/mol.